The highest BCUT2D eigenvalue weighted by Gasteiger charge is 2.23. The van der Waals surface area contributed by atoms with Gasteiger partial charge in [-0.1, -0.05) is 158 Å². The molecular formula is C62H36N4OS. The maximum Gasteiger partial charge on any atom is 0.235 e. The number of hydrogen-bond acceptors (Lipinski definition) is 4. The molecule has 68 heavy (non-hydrogen) atoms. The first-order valence-corrected chi connectivity index (χ1v) is 23.8. The van der Waals surface area contributed by atoms with Crippen LogP contribution in [-0.2, 0) is 0 Å². The lowest BCUT2D eigenvalue weighted by Gasteiger charge is -2.11. The number of furan rings is 1. The first kappa shape index (κ1) is 37.4. The molecule has 0 spiro atoms. The highest BCUT2D eigenvalue weighted by Crippen LogP contribution is 2.44. The van der Waals surface area contributed by atoms with Crippen molar-refractivity contribution in [1.82, 2.24) is 19.1 Å². The normalized spacial score (nSPS) is 12.1. The Morgan fingerprint density at radius 1 is 0.382 bits per heavy atom. The van der Waals surface area contributed by atoms with Gasteiger partial charge in [0.2, 0.25) is 5.95 Å². The van der Waals surface area contributed by atoms with E-state index in [0.29, 0.717) is 5.95 Å². The van der Waals surface area contributed by atoms with Crippen LogP contribution in [0.2, 0.25) is 0 Å². The second-order valence-corrected chi connectivity index (χ2v) is 18.8. The van der Waals surface area contributed by atoms with Gasteiger partial charge >= 0.3 is 0 Å². The van der Waals surface area contributed by atoms with E-state index in [9.17, 15) is 0 Å². The van der Waals surface area contributed by atoms with Gasteiger partial charge in [-0.3, -0.25) is 4.57 Å². The molecule has 0 bridgehead atoms. The van der Waals surface area contributed by atoms with E-state index in [1.165, 1.54) is 42.9 Å². The smallest absolute Gasteiger partial charge is 0.235 e. The van der Waals surface area contributed by atoms with Crippen LogP contribution in [0.15, 0.2) is 223 Å². The molecule has 0 unspecified atom stereocenters. The molecule has 10 aromatic carbocycles. The van der Waals surface area contributed by atoms with Crippen molar-refractivity contribution in [3.05, 3.63) is 218 Å². The molecule has 0 fully saturated rings. The fraction of sp³-hybridized carbons (Fsp3) is 0. The minimum absolute atomic E-state index is 0.653. The molecule has 0 saturated carbocycles. The molecule has 0 atom stereocenters. The van der Waals surface area contributed by atoms with E-state index in [-0.39, 0.29) is 0 Å². The average Bonchev–Trinajstić information content (AvgIpc) is 4.18. The van der Waals surface area contributed by atoms with Crippen molar-refractivity contribution in [3.63, 3.8) is 0 Å². The summed E-state index contributed by atoms with van der Waals surface area (Å²) in [6.45, 7) is 0. The summed E-state index contributed by atoms with van der Waals surface area (Å²) in [4.78, 5) is 12.1. The Morgan fingerprint density at radius 2 is 1.01 bits per heavy atom. The van der Waals surface area contributed by atoms with E-state index < -0.39 is 0 Å². The molecule has 0 aliphatic heterocycles. The van der Waals surface area contributed by atoms with Crippen molar-refractivity contribution >= 4 is 109 Å². The van der Waals surface area contributed by atoms with E-state index in [0.717, 1.165) is 92.9 Å². The Morgan fingerprint density at radius 3 is 1.82 bits per heavy atom. The van der Waals surface area contributed by atoms with Crippen molar-refractivity contribution in [1.29, 1.82) is 0 Å². The number of fused-ring (bicyclic) bond motifs is 14. The number of rotatable bonds is 5. The van der Waals surface area contributed by atoms with Crippen LogP contribution in [0, 0.1) is 0 Å². The van der Waals surface area contributed by atoms with Crippen molar-refractivity contribution in [2.75, 3.05) is 0 Å². The molecule has 0 amide bonds. The average molecular weight is 885 g/mol. The summed E-state index contributed by atoms with van der Waals surface area (Å²) in [6.07, 6.45) is 0. The van der Waals surface area contributed by atoms with Gasteiger partial charge in [0.15, 0.2) is 0 Å². The molecule has 5 aromatic heterocycles. The van der Waals surface area contributed by atoms with E-state index in [1.807, 2.05) is 12.1 Å². The fourth-order valence-electron chi connectivity index (χ4n) is 10.8. The first-order chi connectivity index (χ1) is 33.7. The predicted molar refractivity (Wildman–Crippen MR) is 285 cm³/mol. The molecule has 5 nitrogen and oxygen atoms in total. The summed E-state index contributed by atoms with van der Waals surface area (Å²) in [6, 6.07) is 78.6. The van der Waals surface area contributed by atoms with Crippen LogP contribution in [0.4, 0.5) is 0 Å². The zero-order chi connectivity index (χ0) is 44.5. The van der Waals surface area contributed by atoms with Gasteiger partial charge in [0, 0.05) is 53.8 Å². The lowest BCUT2D eigenvalue weighted by atomic mass is 9.98. The summed E-state index contributed by atoms with van der Waals surface area (Å²) < 4.78 is 12.1. The molecular weight excluding hydrogens is 849 g/mol. The van der Waals surface area contributed by atoms with E-state index in [1.54, 1.807) is 11.3 Å². The van der Waals surface area contributed by atoms with Crippen molar-refractivity contribution in [2.45, 2.75) is 0 Å². The van der Waals surface area contributed by atoms with Crippen LogP contribution in [-0.4, -0.2) is 19.1 Å². The topological polar surface area (TPSA) is 48.8 Å². The van der Waals surface area contributed by atoms with Crippen LogP contribution < -0.4 is 0 Å². The predicted octanol–water partition coefficient (Wildman–Crippen LogP) is 17.1. The molecule has 15 aromatic rings. The van der Waals surface area contributed by atoms with Crippen LogP contribution in [0.5, 0.6) is 0 Å². The van der Waals surface area contributed by atoms with Gasteiger partial charge in [-0.25, -0.2) is 9.97 Å². The van der Waals surface area contributed by atoms with Crippen molar-refractivity contribution < 1.29 is 4.42 Å². The second kappa shape index (κ2) is 14.3. The van der Waals surface area contributed by atoms with Crippen molar-refractivity contribution in [2.24, 2.45) is 0 Å². The van der Waals surface area contributed by atoms with Gasteiger partial charge < -0.3 is 8.98 Å². The third-order valence-electron chi connectivity index (χ3n) is 13.9. The number of hydrogen-bond donors (Lipinski definition) is 0. The second-order valence-electron chi connectivity index (χ2n) is 17.7. The van der Waals surface area contributed by atoms with Gasteiger partial charge in [-0.2, -0.15) is 0 Å². The van der Waals surface area contributed by atoms with Gasteiger partial charge in [-0.05, 0) is 93.5 Å². The molecule has 15 rings (SSSR count). The molecule has 0 N–H and O–H groups in total. The summed E-state index contributed by atoms with van der Waals surface area (Å²) in [5, 5.41) is 11.8. The lowest BCUT2D eigenvalue weighted by Crippen LogP contribution is -2.03. The summed E-state index contributed by atoms with van der Waals surface area (Å²) in [7, 11) is 0. The minimum Gasteiger partial charge on any atom is -0.456 e. The number of benzene rings is 10. The number of thiophene rings is 1. The number of para-hydroxylation sites is 1. The standard InChI is InChI=1S/C62H36N4OS/c1-3-15-39(16-4-1)57-36-51-61(68-57)59(40-17-5-2-6-18-40)64-62(63-51)66-52-29-25-41(33-48(52)47-28-23-38-14-8-10-20-45(38)60(47)66)42-26-30-53-50(34-42)58-44-19-9-7-13-37(44)24-31-54(58)65(53)43-27-32-56-49(35-43)46-21-11-12-22-55(46)67-56/h1-36H. The zero-order valence-electron chi connectivity index (χ0n) is 36.4. The lowest BCUT2D eigenvalue weighted by molar-refractivity contribution is 0.669. The Bertz CT molecular complexity index is 4560. The van der Waals surface area contributed by atoms with Crippen LogP contribution in [0.3, 0.4) is 0 Å². The fourth-order valence-corrected chi connectivity index (χ4v) is 11.9. The first-order valence-electron chi connectivity index (χ1n) is 23.0. The Kier molecular flexibility index (Phi) is 7.88. The highest BCUT2D eigenvalue weighted by atomic mass is 32.1. The Balaban J connectivity index is 0.963. The summed E-state index contributed by atoms with van der Waals surface area (Å²) in [5.74, 6) is 0.653. The third kappa shape index (κ3) is 5.49. The molecule has 6 heteroatoms. The molecule has 316 valence electrons. The van der Waals surface area contributed by atoms with Crippen LogP contribution >= 0.6 is 11.3 Å². The number of nitrogens with zero attached hydrogens (tertiary/aromatic N) is 4. The van der Waals surface area contributed by atoms with Crippen LogP contribution in [0.25, 0.3) is 142 Å². The molecule has 0 aliphatic rings. The van der Waals surface area contributed by atoms with Crippen LogP contribution in [0.1, 0.15) is 0 Å². The monoisotopic (exact) mass is 884 g/mol. The van der Waals surface area contributed by atoms with Gasteiger partial charge in [0.05, 0.1) is 38.0 Å². The van der Waals surface area contributed by atoms with Gasteiger partial charge in [0.25, 0.3) is 0 Å². The van der Waals surface area contributed by atoms with E-state index in [4.69, 9.17) is 14.4 Å². The molecule has 0 saturated heterocycles. The maximum absolute atomic E-state index is 6.27. The SMILES string of the molecule is c1ccc(-c2cc3nc(-n4c5ccc(-c6ccc7c(c6)c6c8ccccc8ccc6n7-c6ccc7oc8ccccc8c7c6)cc5c5ccc6ccccc6c54)nc(-c4ccccc4)c3s2)cc1. The minimum atomic E-state index is 0.653. The Hall–Kier alpha value is -8.84. The van der Waals surface area contributed by atoms with Gasteiger partial charge in [-0.15, -0.1) is 11.3 Å². The molecule has 0 aliphatic carbocycles. The largest absolute Gasteiger partial charge is 0.456 e. The summed E-state index contributed by atoms with van der Waals surface area (Å²) in [5.41, 5.74) is 13.8. The third-order valence-corrected chi connectivity index (χ3v) is 15.1. The molecule has 0 radical (unpaired) electrons. The quantitative estimate of drug-likeness (QED) is 0.173. The van der Waals surface area contributed by atoms with Gasteiger partial charge in [0.1, 0.15) is 11.2 Å². The Labute approximate surface area is 393 Å². The summed E-state index contributed by atoms with van der Waals surface area (Å²) >= 11 is 1.75. The van der Waals surface area contributed by atoms with E-state index in [2.05, 4.69) is 215 Å². The van der Waals surface area contributed by atoms with E-state index >= 15 is 0 Å². The van der Waals surface area contributed by atoms with Crippen molar-refractivity contribution in [3.8, 4) is 44.5 Å². The molecule has 5 heterocycles. The zero-order valence-corrected chi connectivity index (χ0v) is 37.2. The maximum atomic E-state index is 6.27. The highest BCUT2D eigenvalue weighted by molar-refractivity contribution is 7.22. The number of aromatic nitrogens is 4.